The number of H-pyrrole nitrogens is 1. The Morgan fingerprint density at radius 2 is 2.21 bits per heavy atom. The van der Waals surface area contributed by atoms with Crippen LogP contribution in [0.2, 0.25) is 0 Å². The van der Waals surface area contributed by atoms with E-state index in [4.69, 9.17) is 14.2 Å². The van der Waals surface area contributed by atoms with Gasteiger partial charge in [-0.25, -0.2) is 0 Å². The van der Waals surface area contributed by atoms with E-state index in [1.807, 2.05) is 6.20 Å². The summed E-state index contributed by atoms with van der Waals surface area (Å²) in [6.07, 6.45) is 10.7. The van der Waals surface area contributed by atoms with Crippen molar-refractivity contribution in [3.8, 4) is 0 Å². The Balaban J connectivity index is 1.56. The highest BCUT2D eigenvalue weighted by Crippen LogP contribution is 2.40. The van der Waals surface area contributed by atoms with E-state index in [2.05, 4.69) is 28.5 Å². The van der Waals surface area contributed by atoms with Crippen LogP contribution in [0.3, 0.4) is 0 Å². The van der Waals surface area contributed by atoms with Crippen LogP contribution < -0.4 is 5.32 Å². The number of ether oxygens (including phenoxy) is 3. The molecule has 28 heavy (non-hydrogen) atoms. The van der Waals surface area contributed by atoms with Crippen molar-refractivity contribution in [3.63, 3.8) is 0 Å². The van der Waals surface area contributed by atoms with Crippen molar-refractivity contribution >= 4 is 5.57 Å². The minimum absolute atomic E-state index is 0.0787. The molecule has 2 N–H and O–H groups in total. The fourth-order valence-corrected chi connectivity index (χ4v) is 4.26. The van der Waals surface area contributed by atoms with Gasteiger partial charge in [0.25, 0.3) is 0 Å². The third-order valence-corrected chi connectivity index (χ3v) is 6.03. The summed E-state index contributed by atoms with van der Waals surface area (Å²) in [5, 5.41) is 10.9. The summed E-state index contributed by atoms with van der Waals surface area (Å²) < 4.78 is 17.2. The van der Waals surface area contributed by atoms with Crippen molar-refractivity contribution in [2.24, 2.45) is 11.3 Å². The first-order valence-corrected chi connectivity index (χ1v) is 10.6. The Bertz CT molecular complexity index is 610. The van der Waals surface area contributed by atoms with Crippen molar-refractivity contribution in [1.29, 1.82) is 0 Å². The number of aromatic nitrogens is 2. The van der Waals surface area contributed by atoms with Gasteiger partial charge in [-0.05, 0) is 75.6 Å². The fourth-order valence-electron chi connectivity index (χ4n) is 4.26. The summed E-state index contributed by atoms with van der Waals surface area (Å²) >= 11 is 0. The number of allylic oxidation sites excluding steroid dienone is 2. The minimum Gasteiger partial charge on any atom is -0.384 e. The third-order valence-electron chi connectivity index (χ3n) is 6.03. The quantitative estimate of drug-likeness (QED) is 0.569. The molecule has 6 nitrogen and oxygen atoms in total. The van der Waals surface area contributed by atoms with Crippen molar-refractivity contribution in [2.45, 2.75) is 38.5 Å². The first-order valence-electron chi connectivity index (χ1n) is 10.6. The number of hydrogen-bond donors (Lipinski definition) is 2. The molecule has 1 aliphatic carbocycles. The van der Waals surface area contributed by atoms with Crippen molar-refractivity contribution in [1.82, 2.24) is 15.5 Å². The Hall–Kier alpha value is -1.21. The predicted octanol–water partition coefficient (Wildman–Crippen LogP) is 3.02. The average Bonchev–Trinajstić information content (AvgIpc) is 3.18. The standard InChI is InChI=1S/C22H36N3O3/c1-3-23-11-6-20-14-24-25-21(20)19-4-9-22(10-5-19,16-26-2)17-28-15-18-7-12-27-13-8-18/h4,14,18,23H,1,3,5-13,15-17H2,2H3,(H,24,25). The van der Waals surface area contributed by atoms with Gasteiger partial charge in [-0.2, -0.15) is 5.10 Å². The van der Waals surface area contributed by atoms with Gasteiger partial charge < -0.3 is 19.5 Å². The normalized spacial score (nSPS) is 23.7. The molecule has 3 rings (SSSR count). The van der Waals surface area contributed by atoms with E-state index in [0.29, 0.717) is 5.92 Å². The van der Waals surface area contributed by atoms with Gasteiger partial charge in [0, 0.05) is 38.5 Å². The van der Waals surface area contributed by atoms with Gasteiger partial charge in [-0.3, -0.25) is 5.10 Å². The molecule has 0 aromatic carbocycles. The Morgan fingerprint density at radius 1 is 1.36 bits per heavy atom. The highest BCUT2D eigenvalue weighted by atomic mass is 16.5. The Morgan fingerprint density at radius 3 is 2.93 bits per heavy atom. The van der Waals surface area contributed by atoms with Crippen LogP contribution >= 0.6 is 0 Å². The van der Waals surface area contributed by atoms with Crippen molar-refractivity contribution in [3.05, 3.63) is 30.5 Å². The maximum atomic E-state index is 6.18. The highest BCUT2D eigenvalue weighted by Gasteiger charge is 2.34. The van der Waals surface area contributed by atoms with Crippen LogP contribution in [-0.2, 0) is 20.6 Å². The van der Waals surface area contributed by atoms with E-state index < -0.39 is 0 Å². The van der Waals surface area contributed by atoms with Crippen LogP contribution in [-0.4, -0.2) is 63.4 Å². The van der Waals surface area contributed by atoms with Gasteiger partial charge >= 0.3 is 0 Å². The second kappa shape index (κ2) is 11.1. The number of nitrogens with zero attached hydrogens (tertiary/aromatic N) is 1. The lowest BCUT2D eigenvalue weighted by Gasteiger charge is -2.36. The van der Waals surface area contributed by atoms with E-state index in [9.17, 15) is 0 Å². The monoisotopic (exact) mass is 390 g/mol. The average molecular weight is 391 g/mol. The summed E-state index contributed by atoms with van der Waals surface area (Å²) in [7, 11) is 1.79. The molecule has 1 aromatic rings. The SMILES string of the molecule is [CH2]CNCCc1c[nH]nc1C1=CCC(COC)(COCC2CCOCC2)CC1. The molecule has 6 heteroatoms. The van der Waals surface area contributed by atoms with E-state index in [1.54, 1.807) is 7.11 Å². The van der Waals surface area contributed by atoms with Gasteiger partial charge in [-0.1, -0.05) is 6.08 Å². The zero-order chi connectivity index (χ0) is 19.7. The molecule has 1 fully saturated rings. The molecule has 2 heterocycles. The lowest BCUT2D eigenvalue weighted by Crippen LogP contribution is -2.34. The number of rotatable bonds is 11. The van der Waals surface area contributed by atoms with E-state index in [-0.39, 0.29) is 5.41 Å². The molecule has 1 aliphatic heterocycles. The molecule has 0 spiro atoms. The molecular weight excluding hydrogens is 354 g/mol. The zero-order valence-corrected chi connectivity index (χ0v) is 17.3. The number of aromatic amines is 1. The predicted molar refractivity (Wildman–Crippen MR) is 111 cm³/mol. The molecular formula is C22H36N3O3. The summed E-state index contributed by atoms with van der Waals surface area (Å²) in [5.41, 5.74) is 3.83. The second-order valence-corrected chi connectivity index (χ2v) is 8.20. The molecule has 1 aromatic heterocycles. The molecule has 1 unspecified atom stereocenters. The summed E-state index contributed by atoms with van der Waals surface area (Å²) in [5.74, 6) is 0.640. The Kier molecular flexibility index (Phi) is 8.52. The van der Waals surface area contributed by atoms with Crippen LogP contribution in [0.4, 0.5) is 0 Å². The lowest BCUT2D eigenvalue weighted by molar-refractivity contribution is -0.0375. The molecule has 0 bridgehead atoms. The second-order valence-electron chi connectivity index (χ2n) is 8.20. The van der Waals surface area contributed by atoms with Crippen LogP contribution in [0.25, 0.3) is 5.57 Å². The number of nitrogens with one attached hydrogen (secondary N) is 2. The minimum atomic E-state index is 0.0787. The molecule has 1 radical (unpaired) electrons. The summed E-state index contributed by atoms with van der Waals surface area (Å²) in [4.78, 5) is 0. The number of hydrogen-bond acceptors (Lipinski definition) is 5. The zero-order valence-electron chi connectivity index (χ0n) is 17.3. The molecule has 1 atom stereocenters. The van der Waals surface area contributed by atoms with Crippen LogP contribution in [0.1, 0.15) is 43.4 Å². The number of methoxy groups -OCH3 is 1. The van der Waals surface area contributed by atoms with Crippen LogP contribution in [0, 0.1) is 18.3 Å². The van der Waals surface area contributed by atoms with Crippen LogP contribution in [0.5, 0.6) is 0 Å². The first kappa shape index (κ1) is 21.5. The summed E-state index contributed by atoms with van der Waals surface area (Å²) in [6, 6.07) is 0. The Labute approximate surface area is 169 Å². The van der Waals surface area contributed by atoms with E-state index in [1.165, 1.54) is 11.1 Å². The molecule has 1 saturated heterocycles. The van der Waals surface area contributed by atoms with Gasteiger partial charge in [0.2, 0.25) is 0 Å². The smallest absolute Gasteiger partial charge is 0.0909 e. The van der Waals surface area contributed by atoms with Gasteiger partial charge in [0.1, 0.15) is 0 Å². The van der Waals surface area contributed by atoms with Gasteiger partial charge in [-0.15, -0.1) is 0 Å². The molecule has 0 amide bonds. The highest BCUT2D eigenvalue weighted by molar-refractivity contribution is 5.66. The van der Waals surface area contributed by atoms with Crippen molar-refractivity contribution in [2.75, 3.05) is 53.2 Å². The molecule has 157 valence electrons. The topological polar surface area (TPSA) is 68.4 Å². The molecule has 2 aliphatic rings. The van der Waals surface area contributed by atoms with E-state index in [0.717, 1.165) is 90.3 Å². The maximum absolute atomic E-state index is 6.18. The maximum Gasteiger partial charge on any atom is 0.0909 e. The molecule has 0 saturated carbocycles. The van der Waals surface area contributed by atoms with Gasteiger partial charge in [0.05, 0.1) is 18.9 Å². The van der Waals surface area contributed by atoms with Crippen LogP contribution in [0.15, 0.2) is 12.3 Å². The van der Waals surface area contributed by atoms with E-state index >= 15 is 0 Å². The largest absolute Gasteiger partial charge is 0.384 e. The fraction of sp³-hybridized carbons (Fsp3) is 0.727. The summed E-state index contributed by atoms with van der Waals surface area (Å²) in [6.45, 7) is 9.61. The van der Waals surface area contributed by atoms with Gasteiger partial charge in [0.15, 0.2) is 0 Å². The third kappa shape index (κ3) is 5.89. The lowest BCUT2D eigenvalue weighted by atomic mass is 9.75. The van der Waals surface area contributed by atoms with Crippen molar-refractivity contribution < 1.29 is 14.2 Å². The first-order chi connectivity index (χ1) is 13.8.